The lowest BCUT2D eigenvalue weighted by atomic mass is 10.1. The molecule has 0 spiro atoms. The highest BCUT2D eigenvalue weighted by Crippen LogP contribution is 2.38. The predicted molar refractivity (Wildman–Crippen MR) is 115 cm³/mol. The molecule has 0 bridgehead atoms. The van der Waals surface area contributed by atoms with Crippen molar-refractivity contribution in [3.05, 3.63) is 60.2 Å². The number of benzene rings is 2. The normalized spacial score (nSPS) is 15.7. The number of aromatic amines is 1. The minimum atomic E-state index is -0.656. The molecule has 9 heteroatoms. The molecule has 0 radical (unpaired) electrons. The van der Waals surface area contributed by atoms with Gasteiger partial charge in [0.05, 0.1) is 11.3 Å². The number of para-hydroxylation sites is 1. The van der Waals surface area contributed by atoms with Crippen molar-refractivity contribution in [2.75, 3.05) is 38.2 Å². The van der Waals surface area contributed by atoms with E-state index in [2.05, 4.69) is 32.2 Å². The number of likely N-dealkylation sites (N-methyl/N-ethyl adjacent to an activating group) is 1. The molecule has 1 N–H and O–H groups in total. The maximum atomic E-state index is 14.4. The van der Waals surface area contributed by atoms with Crippen molar-refractivity contribution in [1.29, 1.82) is 0 Å². The largest absolute Gasteiger partial charge is 0.304 e. The first kappa shape index (κ1) is 19.1. The van der Waals surface area contributed by atoms with Gasteiger partial charge in [0.15, 0.2) is 0 Å². The lowest BCUT2D eigenvalue weighted by Gasteiger charge is -2.39. The Balaban J connectivity index is 1.60. The number of anilines is 2. The van der Waals surface area contributed by atoms with Gasteiger partial charge in [-0.25, -0.2) is 23.8 Å². The van der Waals surface area contributed by atoms with Crippen molar-refractivity contribution >= 4 is 32.5 Å². The Morgan fingerprint density at radius 2 is 1.67 bits per heavy atom. The van der Waals surface area contributed by atoms with Crippen LogP contribution < -0.4 is 5.01 Å². The highest BCUT2D eigenvalue weighted by atomic mass is 32.1. The zero-order valence-electron chi connectivity index (χ0n) is 16.3. The van der Waals surface area contributed by atoms with Crippen LogP contribution in [0, 0.1) is 11.6 Å². The topological polar surface area (TPSA) is 51.3 Å². The Kier molecular flexibility index (Phi) is 4.93. The third kappa shape index (κ3) is 3.34. The molecule has 0 aliphatic carbocycles. The fraction of sp³-hybridized carbons (Fsp3) is 0.238. The van der Waals surface area contributed by atoms with Gasteiger partial charge in [0.1, 0.15) is 27.7 Å². The summed E-state index contributed by atoms with van der Waals surface area (Å²) in [5.74, 6) is -1.31. The summed E-state index contributed by atoms with van der Waals surface area (Å²) in [6, 6.07) is 13.8. The molecule has 154 valence electrons. The molecule has 1 aliphatic rings. The quantitative estimate of drug-likeness (QED) is 0.528. The summed E-state index contributed by atoms with van der Waals surface area (Å²) in [6.07, 6.45) is 0. The van der Waals surface area contributed by atoms with Gasteiger partial charge in [-0.3, -0.25) is 5.10 Å². The molecule has 0 atom stereocenters. The van der Waals surface area contributed by atoms with Gasteiger partial charge in [0, 0.05) is 26.2 Å². The summed E-state index contributed by atoms with van der Waals surface area (Å²) in [6.45, 7) is 3.59. The molecular formula is C21H20F2N6S. The van der Waals surface area contributed by atoms with E-state index in [0.717, 1.165) is 37.0 Å². The number of fused-ring (bicyclic) bond motifs is 1. The predicted octanol–water partition coefficient (Wildman–Crippen LogP) is 4.27. The van der Waals surface area contributed by atoms with Crippen molar-refractivity contribution in [2.45, 2.75) is 0 Å². The number of hydrogen-bond acceptors (Lipinski definition) is 6. The number of aromatic nitrogens is 3. The average molecular weight is 426 g/mol. The second-order valence-corrected chi connectivity index (χ2v) is 8.22. The summed E-state index contributed by atoms with van der Waals surface area (Å²) in [7, 11) is 2.11. The van der Waals surface area contributed by atoms with E-state index in [-0.39, 0.29) is 11.3 Å². The van der Waals surface area contributed by atoms with Gasteiger partial charge in [0.25, 0.3) is 0 Å². The zero-order valence-corrected chi connectivity index (χ0v) is 17.2. The summed E-state index contributed by atoms with van der Waals surface area (Å²) in [4.78, 5) is 7.73. The van der Waals surface area contributed by atoms with Gasteiger partial charge in [-0.05, 0) is 31.3 Å². The standard InChI is InChI=1S/C21H20F2N6S/c1-27-10-12-28(13-11-27)29(14-6-3-2-4-7-14)21-24-19-18(25-26-20(19)30-21)17-15(22)8-5-9-16(17)23/h2-9H,10-13H2,1H3,(H,25,26). The minimum absolute atomic E-state index is 0.161. The number of nitrogens with zero attached hydrogens (tertiary/aromatic N) is 5. The Bertz CT molecular complexity index is 1150. The number of hydrazine groups is 1. The lowest BCUT2D eigenvalue weighted by molar-refractivity contribution is 0.155. The number of thiazole rings is 1. The van der Waals surface area contributed by atoms with E-state index < -0.39 is 11.6 Å². The van der Waals surface area contributed by atoms with E-state index in [1.165, 1.54) is 29.5 Å². The highest BCUT2D eigenvalue weighted by Gasteiger charge is 2.27. The van der Waals surface area contributed by atoms with Crippen LogP contribution >= 0.6 is 11.3 Å². The molecule has 0 amide bonds. The van der Waals surface area contributed by atoms with Crippen LogP contribution in [0.4, 0.5) is 19.6 Å². The first-order valence-corrected chi connectivity index (χ1v) is 10.5. The highest BCUT2D eigenvalue weighted by molar-refractivity contribution is 7.22. The van der Waals surface area contributed by atoms with Crippen molar-refractivity contribution in [2.24, 2.45) is 0 Å². The van der Waals surface area contributed by atoms with E-state index in [4.69, 9.17) is 4.98 Å². The van der Waals surface area contributed by atoms with Crippen LogP contribution in [0.3, 0.4) is 0 Å². The fourth-order valence-electron chi connectivity index (χ4n) is 3.65. The molecule has 0 unspecified atom stereocenters. The maximum Gasteiger partial charge on any atom is 0.207 e. The van der Waals surface area contributed by atoms with E-state index in [1.54, 1.807) is 0 Å². The Hall–Kier alpha value is -2.88. The number of rotatable bonds is 4. The third-order valence-corrected chi connectivity index (χ3v) is 6.19. The monoisotopic (exact) mass is 426 g/mol. The number of piperazine rings is 1. The molecule has 1 saturated heterocycles. The third-order valence-electron chi connectivity index (χ3n) is 5.25. The van der Waals surface area contributed by atoms with Crippen LogP contribution in [0.25, 0.3) is 21.6 Å². The molecule has 4 aromatic rings. The average Bonchev–Trinajstić information content (AvgIpc) is 3.32. The lowest BCUT2D eigenvalue weighted by Crippen LogP contribution is -2.51. The van der Waals surface area contributed by atoms with Gasteiger partial charge in [0.2, 0.25) is 5.13 Å². The molecule has 1 aliphatic heterocycles. The SMILES string of the molecule is CN1CCN(N(c2ccccc2)c2nc3c(-c4c(F)cccc4F)n[nH]c3s2)CC1. The minimum Gasteiger partial charge on any atom is -0.304 e. The number of hydrogen-bond donors (Lipinski definition) is 1. The second-order valence-electron chi connectivity index (χ2n) is 7.25. The molecule has 2 aromatic heterocycles. The molecule has 6 nitrogen and oxygen atoms in total. The van der Waals surface area contributed by atoms with E-state index in [0.29, 0.717) is 10.3 Å². The molecule has 30 heavy (non-hydrogen) atoms. The molecule has 5 rings (SSSR count). The molecular weight excluding hydrogens is 406 g/mol. The summed E-state index contributed by atoms with van der Waals surface area (Å²) < 4.78 is 28.7. The summed E-state index contributed by atoms with van der Waals surface area (Å²) in [5.41, 5.74) is 1.49. The van der Waals surface area contributed by atoms with Gasteiger partial charge >= 0.3 is 0 Å². The summed E-state index contributed by atoms with van der Waals surface area (Å²) in [5, 5.41) is 12.1. The van der Waals surface area contributed by atoms with Crippen LogP contribution in [0.1, 0.15) is 0 Å². The Morgan fingerprint density at radius 1 is 0.967 bits per heavy atom. The fourth-order valence-corrected chi connectivity index (χ4v) is 4.61. The van der Waals surface area contributed by atoms with E-state index >= 15 is 0 Å². The molecule has 3 heterocycles. The van der Waals surface area contributed by atoms with Gasteiger partial charge < -0.3 is 4.90 Å². The second kappa shape index (κ2) is 7.75. The van der Waals surface area contributed by atoms with Crippen molar-refractivity contribution in [3.63, 3.8) is 0 Å². The maximum absolute atomic E-state index is 14.4. The van der Waals surface area contributed by atoms with Gasteiger partial charge in [-0.1, -0.05) is 35.6 Å². The van der Waals surface area contributed by atoms with Crippen LogP contribution in [0.2, 0.25) is 0 Å². The molecule has 1 fully saturated rings. The van der Waals surface area contributed by atoms with Gasteiger partial charge in [-0.2, -0.15) is 5.10 Å². The Labute approximate surface area is 176 Å². The van der Waals surface area contributed by atoms with Crippen LogP contribution in [0.15, 0.2) is 48.5 Å². The smallest absolute Gasteiger partial charge is 0.207 e. The summed E-state index contributed by atoms with van der Waals surface area (Å²) >= 11 is 1.42. The van der Waals surface area contributed by atoms with Crippen molar-refractivity contribution < 1.29 is 8.78 Å². The van der Waals surface area contributed by atoms with E-state index in [9.17, 15) is 8.78 Å². The van der Waals surface area contributed by atoms with Crippen LogP contribution in [-0.2, 0) is 0 Å². The Morgan fingerprint density at radius 3 is 2.37 bits per heavy atom. The van der Waals surface area contributed by atoms with Crippen LogP contribution in [0.5, 0.6) is 0 Å². The molecule has 2 aromatic carbocycles. The first-order valence-electron chi connectivity index (χ1n) is 9.69. The van der Waals surface area contributed by atoms with Crippen LogP contribution in [-0.4, -0.2) is 58.3 Å². The number of halogens is 2. The van der Waals surface area contributed by atoms with Gasteiger partial charge in [-0.15, -0.1) is 0 Å². The number of H-pyrrole nitrogens is 1. The zero-order chi connectivity index (χ0) is 20.7. The van der Waals surface area contributed by atoms with Crippen molar-refractivity contribution in [3.8, 4) is 11.3 Å². The number of nitrogens with one attached hydrogen (secondary N) is 1. The first-order chi connectivity index (χ1) is 14.6. The van der Waals surface area contributed by atoms with Crippen molar-refractivity contribution in [1.82, 2.24) is 25.1 Å². The molecule has 0 saturated carbocycles. The van der Waals surface area contributed by atoms with E-state index in [1.807, 2.05) is 30.3 Å².